The van der Waals surface area contributed by atoms with Crippen LogP contribution in [0.25, 0.3) is 0 Å². The van der Waals surface area contributed by atoms with Crippen molar-refractivity contribution in [1.82, 2.24) is 0 Å². The lowest BCUT2D eigenvalue weighted by molar-refractivity contribution is 0.0698. The highest BCUT2D eigenvalue weighted by molar-refractivity contribution is 9.10. The van der Waals surface area contributed by atoms with E-state index in [-0.39, 0.29) is 17.0 Å². The number of hydrogen-bond acceptors (Lipinski definition) is 5. The van der Waals surface area contributed by atoms with Crippen LogP contribution in [0, 0.1) is 16.7 Å². The molecule has 0 radical (unpaired) electrons. The Morgan fingerprint density at radius 1 is 1.61 bits per heavy atom. The molecule has 92 valence electrons. The summed E-state index contributed by atoms with van der Waals surface area (Å²) in [6.07, 6.45) is 0. The molecule has 8 heteroatoms. The standard InChI is InChI=1S/C10H8BrN5O2/c11-6-3-1-2-5(10(17)18)8(6)16-15-7(4-12)9(13)14/h1-3,16H,(H3,13,14)(H,17,18)/b15-7+. The molecule has 1 aromatic carbocycles. The van der Waals surface area contributed by atoms with Gasteiger partial charge >= 0.3 is 5.97 Å². The fraction of sp³-hybridized carbons (Fsp3) is 0. The van der Waals surface area contributed by atoms with E-state index in [2.05, 4.69) is 26.5 Å². The van der Waals surface area contributed by atoms with Gasteiger partial charge in [0.15, 0.2) is 5.84 Å². The average Bonchev–Trinajstić information content (AvgIpc) is 2.30. The minimum Gasteiger partial charge on any atom is -0.478 e. The van der Waals surface area contributed by atoms with E-state index < -0.39 is 11.8 Å². The Kier molecular flexibility index (Phi) is 4.39. The van der Waals surface area contributed by atoms with Gasteiger partial charge in [-0.1, -0.05) is 6.07 Å². The molecule has 0 aliphatic heterocycles. The summed E-state index contributed by atoms with van der Waals surface area (Å²) in [6.45, 7) is 0. The lowest BCUT2D eigenvalue weighted by Crippen LogP contribution is -2.22. The highest BCUT2D eigenvalue weighted by Gasteiger charge is 2.12. The molecule has 0 heterocycles. The van der Waals surface area contributed by atoms with Crippen LogP contribution in [0.1, 0.15) is 10.4 Å². The maximum atomic E-state index is 11.0. The van der Waals surface area contributed by atoms with Gasteiger partial charge in [0.1, 0.15) is 6.07 Å². The summed E-state index contributed by atoms with van der Waals surface area (Å²) in [5, 5.41) is 28.3. The van der Waals surface area contributed by atoms with E-state index in [1.165, 1.54) is 6.07 Å². The van der Waals surface area contributed by atoms with Crippen LogP contribution >= 0.6 is 15.9 Å². The summed E-state index contributed by atoms with van der Waals surface area (Å²) in [5.41, 5.74) is 7.35. The van der Waals surface area contributed by atoms with Crippen LogP contribution in [0.4, 0.5) is 5.69 Å². The molecule has 1 aromatic rings. The van der Waals surface area contributed by atoms with Crippen molar-refractivity contribution in [3.8, 4) is 6.07 Å². The number of halogens is 1. The first kappa shape index (κ1) is 13.7. The van der Waals surface area contributed by atoms with E-state index in [1.807, 2.05) is 0 Å². The first-order valence-corrected chi connectivity index (χ1v) is 5.36. The molecule has 0 atom stereocenters. The summed E-state index contributed by atoms with van der Waals surface area (Å²) in [4.78, 5) is 11.0. The third kappa shape index (κ3) is 3.05. The van der Waals surface area contributed by atoms with Crippen LogP contribution in [0.3, 0.4) is 0 Å². The second-order valence-electron chi connectivity index (χ2n) is 3.07. The molecule has 0 aliphatic carbocycles. The van der Waals surface area contributed by atoms with Gasteiger partial charge in [0.2, 0.25) is 5.71 Å². The Balaban J connectivity index is 3.16. The van der Waals surface area contributed by atoms with Crippen molar-refractivity contribution in [3.63, 3.8) is 0 Å². The summed E-state index contributed by atoms with van der Waals surface area (Å²) in [5.74, 6) is -1.65. The van der Waals surface area contributed by atoms with Gasteiger partial charge in [-0.15, -0.1) is 0 Å². The van der Waals surface area contributed by atoms with Gasteiger partial charge < -0.3 is 10.8 Å². The monoisotopic (exact) mass is 309 g/mol. The van der Waals surface area contributed by atoms with Crippen LogP contribution in [-0.4, -0.2) is 22.6 Å². The van der Waals surface area contributed by atoms with Crippen molar-refractivity contribution >= 4 is 39.1 Å². The normalized spacial score (nSPS) is 10.6. The molecule has 0 fully saturated rings. The number of anilines is 1. The Hall–Kier alpha value is -2.40. The largest absolute Gasteiger partial charge is 0.478 e. The second kappa shape index (κ2) is 5.79. The number of aromatic carboxylic acids is 1. The van der Waals surface area contributed by atoms with Crippen LogP contribution in [0.15, 0.2) is 27.8 Å². The summed E-state index contributed by atoms with van der Waals surface area (Å²) < 4.78 is 0.465. The maximum absolute atomic E-state index is 11.0. The fourth-order valence-corrected chi connectivity index (χ4v) is 1.53. The minimum atomic E-state index is -1.14. The molecule has 0 aliphatic rings. The number of hydrazone groups is 1. The smallest absolute Gasteiger partial charge is 0.337 e. The fourth-order valence-electron chi connectivity index (χ4n) is 1.07. The van der Waals surface area contributed by atoms with Gasteiger partial charge in [-0.25, -0.2) is 4.79 Å². The highest BCUT2D eigenvalue weighted by Crippen LogP contribution is 2.26. The van der Waals surface area contributed by atoms with Crippen LogP contribution in [-0.2, 0) is 0 Å². The molecule has 18 heavy (non-hydrogen) atoms. The molecule has 0 aromatic heterocycles. The zero-order valence-electron chi connectivity index (χ0n) is 8.94. The van der Waals surface area contributed by atoms with Crippen molar-refractivity contribution in [1.29, 1.82) is 10.7 Å². The summed E-state index contributed by atoms with van der Waals surface area (Å²) in [7, 11) is 0. The van der Waals surface area contributed by atoms with Crippen molar-refractivity contribution in [2.75, 3.05) is 5.43 Å². The van der Waals surface area contributed by atoms with Crippen LogP contribution in [0.2, 0.25) is 0 Å². The molecular formula is C10H8BrN5O2. The number of carboxylic acid groups (broad SMARTS) is 1. The molecule has 1 rings (SSSR count). The van der Waals surface area contributed by atoms with E-state index in [0.29, 0.717) is 4.47 Å². The second-order valence-corrected chi connectivity index (χ2v) is 3.92. The number of nitrogens with two attached hydrogens (primary N) is 1. The number of carboxylic acids is 1. The molecule has 0 amide bonds. The van der Waals surface area contributed by atoms with Gasteiger partial charge in [-0.3, -0.25) is 10.8 Å². The third-order valence-electron chi connectivity index (χ3n) is 1.88. The number of carbonyl (C=O) groups is 1. The van der Waals surface area contributed by atoms with Gasteiger partial charge in [-0.2, -0.15) is 10.4 Å². The number of nitrogens with one attached hydrogen (secondary N) is 2. The molecular weight excluding hydrogens is 302 g/mol. The molecule has 0 bridgehead atoms. The number of para-hydroxylation sites is 1. The summed E-state index contributed by atoms with van der Waals surface area (Å²) >= 11 is 3.16. The van der Waals surface area contributed by atoms with Crippen LogP contribution in [0.5, 0.6) is 0 Å². The predicted molar refractivity (Wildman–Crippen MR) is 69.7 cm³/mol. The maximum Gasteiger partial charge on any atom is 0.337 e. The van der Waals surface area contributed by atoms with Crippen molar-refractivity contribution < 1.29 is 9.90 Å². The van der Waals surface area contributed by atoms with Crippen LogP contribution < -0.4 is 11.2 Å². The number of nitriles is 1. The first-order valence-electron chi connectivity index (χ1n) is 4.57. The van der Waals surface area contributed by atoms with Crippen molar-refractivity contribution in [2.45, 2.75) is 0 Å². The van der Waals surface area contributed by atoms with Gasteiger partial charge in [0, 0.05) is 4.47 Å². The summed E-state index contributed by atoms with van der Waals surface area (Å²) in [6, 6.07) is 6.16. The zero-order chi connectivity index (χ0) is 13.7. The minimum absolute atomic E-state index is 0.0195. The van der Waals surface area contributed by atoms with Gasteiger partial charge in [0.25, 0.3) is 0 Å². The number of nitrogens with zero attached hydrogens (tertiary/aromatic N) is 2. The molecule has 0 saturated heterocycles. The molecule has 0 saturated carbocycles. The first-order chi connectivity index (χ1) is 8.47. The average molecular weight is 310 g/mol. The molecule has 0 spiro atoms. The van der Waals surface area contributed by atoms with E-state index >= 15 is 0 Å². The van der Waals surface area contributed by atoms with Gasteiger partial charge in [-0.05, 0) is 28.1 Å². The van der Waals surface area contributed by atoms with Crippen molar-refractivity contribution in [2.24, 2.45) is 10.8 Å². The van der Waals surface area contributed by atoms with Crippen molar-refractivity contribution in [3.05, 3.63) is 28.2 Å². The number of hydrogen-bond donors (Lipinski definition) is 4. The lowest BCUT2D eigenvalue weighted by atomic mass is 10.2. The van der Waals surface area contributed by atoms with E-state index in [9.17, 15) is 4.79 Å². The zero-order valence-corrected chi connectivity index (χ0v) is 10.5. The number of benzene rings is 1. The highest BCUT2D eigenvalue weighted by atomic mass is 79.9. The van der Waals surface area contributed by atoms with Gasteiger partial charge in [0.05, 0.1) is 11.3 Å². The Labute approximate surface area is 111 Å². The Morgan fingerprint density at radius 3 is 2.78 bits per heavy atom. The van der Waals surface area contributed by atoms with E-state index in [0.717, 1.165) is 0 Å². The number of amidine groups is 1. The lowest BCUT2D eigenvalue weighted by Gasteiger charge is -2.07. The quantitative estimate of drug-likeness (QED) is 0.378. The Bertz CT molecular complexity index is 576. The Morgan fingerprint density at radius 2 is 2.28 bits per heavy atom. The molecule has 7 nitrogen and oxygen atoms in total. The topological polar surface area (TPSA) is 135 Å². The predicted octanol–water partition coefficient (Wildman–Crippen LogP) is 1.37. The third-order valence-corrected chi connectivity index (χ3v) is 2.55. The molecule has 5 N–H and O–H groups in total. The molecule has 0 unspecified atom stereocenters. The van der Waals surface area contributed by atoms with E-state index in [4.69, 9.17) is 21.5 Å². The van der Waals surface area contributed by atoms with E-state index in [1.54, 1.807) is 18.2 Å². The SMILES string of the molecule is N#C/C(=N\Nc1c(Br)cccc1C(=O)O)C(=N)N. The number of rotatable bonds is 4.